The van der Waals surface area contributed by atoms with Crippen LogP contribution in [0.4, 0.5) is 0 Å². The maximum Gasteiger partial charge on any atom is 0.305 e. The first-order valence-electron chi connectivity index (χ1n) is 5.34. The number of nitrogens with one attached hydrogen (secondary N) is 1. The number of hydrogen-bond donors (Lipinski definition) is 2. The van der Waals surface area contributed by atoms with Crippen LogP contribution in [-0.2, 0) is 15.8 Å². The summed E-state index contributed by atoms with van der Waals surface area (Å²) in [4.78, 5) is 11.7. The monoisotopic (exact) mass is 353 g/mol. The quantitative estimate of drug-likeness (QED) is 0.854. The summed E-state index contributed by atoms with van der Waals surface area (Å²) in [6, 6.07) is 1.42. The van der Waals surface area contributed by atoms with Gasteiger partial charge in [0.05, 0.1) is 28.2 Å². The van der Waals surface area contributed by atoms with Crippen LogP contribution in [0.3, 0.4) is 0 Å². The molecule has 1 rings (SSSR count). The van der Waals surface area contributed by atoms with Gasteiger partial charge in [0, 0.05) is 14.7 Å². The molecule has 2 N–H and O–H groups in total. The third-order valence-electron chi connectivity index (χ3n) is 2.12. The fourth-order valence-corrected chi connectivity index (χ4v) is 3.59. The van der Waals surface area contributed by atoms with Crippen LogP contribution in [0.15, 0.2) is 15.9 Å². The third-order valence-corrected chi connectivity index (χ3v) is 5.53. The Bertz CT molecular complexity index is 453. The van der Waals surface area contributed by atoms with Crippen LogP contribution < -0.4 is 4.72 Å². The van der Waals surface area contributed by atoms with E-state index in [0.717, 1.165) is 9.35 Å². The van der Waals surface area contributed by atoms with Gasteiger partial charge in [-0.2, -0.15) is 0 Å². The molecule has 0 aliphatic carbocycles. The van der Waals surface area contributed by atoms with Crippen molar-refractivity contribution in [2.24, 2.45) is 0 Å². The van der Waals surface area contributed by atoms with E-state index in [9.17, 15) is 9.00 Å². The van der Waals surface area contributed by atoms with Gasteiger partial charge < -0.3 is 5.11 Å². The summed E-state index contributed by atoms with van der Waals surface area (Å²) in [5.74, 6) is -0.914. The van der Waals surface area contributed by atoms with Gasteiger partial charge in [-0.25, -0.2) is 8.93 Å². The van der Waals surface area contributed by atoms with Crippen LogP contribution in [0, 0.1) is 0 Å². The Kier molecular flexibility index (Phi) is 5.51. The molecule has 0 aliphatic rings. The van der Waals surface area contributed by atoms with Gasteiger partial charge in [0.15, 0.2) is 0 Å². The van der Waals surface area contributed by atoms with E-state index in [1.54, 1.807) is 0 Å². The molecule has 1 aromatic rings. The molecule has 2 atom stereocenters. The van der Waals surface area contributed by atoms with E-state index >= 15 is 0 Å². The third kappa shape index (κ3) is 4.79. The second-order valence-electron chi connectivity index (χ2n) is 4.82. The highest BCUT2D eigenvalue weighted by atomic mass is 79.9. The van der Waals surface area contributed by atoms with Crippen LogP contribution in [0.5, 0.6) is 0 Å². The van der Waals surface area contributed by atoms with Gasteiger partial charge in [-0.05, 0) is 42.8 Å². The Balaban J connectivity index is 2.86. The fraction of sp³-hybridized carbons (Fsp3) is 0.545. The summed E-state index contributed by atoms with van der Waals surface area (Å²) in [6.07, 6.45) is -0.0885. The van der Waals surface area contributed by atoms with Crippen LogP contribution >= 0.6 is 27.3 Å². The number of hydrogen-bond acceptors (Lipinski definition) is 3. The zero-order valence-corrected chi connectivity index (χ0v) is 13.6. The van der Waals surface area contributed by atoms with Gasteiger partial charge in [0.2, 0.25) is 0 Å². The minimum Gasteiger partial charge on any atom is -0.481 e. The van der Waals surface area contributed by atoms with Gasteiger partial charge in [-0.3, -0.25) is 4.79 Å². The molecule has 1 heterocycles. The van der Waals surface area contributed by atoms with Crippen molar-refractivity contribution in [2.75, 3.05) is 0 Å². The number of rotatable bonds is 5. The van der Waals surface area contributed by atoms with Gasteiger partial charge >= 0.3 is 5.97 Å². The topological polar surface area (TPSA) is 66.4 Å². The van der Waals surface area contributed by atoms with Gasteiger partial charge in [0.25, 0.3) is 0 Å². The van der Waals surface area contributed by atoms with E-state index in [1.165, 1.54) is 11.3 Å². The lowest BCUT2D eigenvalue weighted by Gasteiger charge is -2.22. The molecule has 1 unspecified atom stereocenters. The second-order valence-corrected chi connectivity index (χ2v) is 8.67. The maximum absolute atomic E-state index is 12.0. The SMILES string of the molecule is CC(C)(C)S(=O)N[C@@H](CC(=O)O)c1cc(Br)cs1. The van der Waals surface area contributed by atoms with Gasteiger partial charge in [-0.1, -0.05) is 0 Å². The molecule has 18 heavy (non-hydrogen) atoms. The second kappa shape index (κ2) is 6.27. The Labute approximate surface area is 122 Å². The largest absolute Gasteiger partial charge is 0.481 e. The first kappa shape index (κ1) is 15.8. The van der Waals surface area contributed by atoms with Crippen molar-refractivity contribution in [1.29, 1.82) is 0 Å². The molecule has 7 heteroatoms. The van der Waals surface area contributed by atoms with Crippen LogP contribution in [0.1, 0.15) is 38.1 Å². The predicted octanol–water partition coefficient (Wildman–Crippen LogP) is 3.08. The van der Waals surface area contributed by atoms with Crippen molar-refractivity contribution in [1.82, 2.24) is 4.72 Å². The van der Waals surface area contributed by atoms with E-state index in [1.807, 2.05) is 32.2 Å². The minimum atomic E-state index is -1.30. The van der Waals surface area contributed by atoms with E-state index in [-0.39, 0.29) is 6.42 Å². The Morgan fingerprint density at radius 3 is 2.61 bits per heavy atom. The Hall–Kier alpha value is -0.240. The lowest BCUT2D eigenvalue weighted by atomic mass is 10.2. The van der Waals surface area contributed by atoms with Crippen LogP contribution in [0.2, 0.25) is 0 Å². The van der Waals surface area contributed by atoms with E-state index in [4.69, 9.17) is 5.11 Å². The highest BCUT2D eigenvalue weighted by Crippen LogP contribution is 2.28. The zero-order valence-electron chi connectivity index (χ0n) is 10.4. The van der Waals surface area contributed by atoms with Crippen molar-refractivity contribution in [3.05, 3.63) is 20.8 Å². The summed E-state index contributed by atoms with van der Waals surface area (Å²) in [5.41, 5.74) is 0. The average Bonchev–Trinajstić information content (AvgIpc) is 2.61. The summed E-state index contributed by atoms with van der Waals surface area (Å²) in [7, 11) is -1.30. The molecule has 1 aromatic heterocycles. The first-order chi connectivity index (χ1) is 8.20. The molecular formula is C11H16BrNO3S2. The highest BCUT2D eigenvalue weighted by molar-refractivity contribution is 9.10. The van der Waals surface area contributed by atoms with Crippen molar-refractivity contribution < 1.29 is 14.1 Å². The fourth-order valence-electron chi connectivity index (χ4n) is 1.19. The molecule has 0 aromatic carbocycles. The lowest BCUT2D eigenvalue weighted by Crippen LogP contribution is -2.36. The van der Waals surface area contributed by atoms with Crippen molar-refractivity contribution >= 4 is 44.2 Å². The zero-order chi connectivity index (χ0) is 13.9. The Morgan fingerprint density at radius 2 is 2.22 bits per heavy atom. The number of thiophene rings is 1. The van der Waals surface area contributed by atoms with Crippen molar-refractivity contribution in [3.8, 4) is 0 Å². The van der Waals surface area contributed by atoms with Crippen molar-refractivity contribution in [3.63, 3.8) is 0 Å². The normalized spacial score (nSPS) is 15.3. The van der Waals surface area contributed by atoms with Gasteiger partial charge in [-0.15, -0.1) is 11.3 Å². The summed E-state index contributed by atoms with van der Waals surface area (Å²) < 4.78 is 15.4. The number of halogens is 1. The van der Waals surface area contributed by atoms with E-state index in [2.05, 4.69) is 20.7 Å². The molecule has 0 saturated carbocycles. The maximum atomic E-state index is 12.0. The van der Waals surface area contributed by atoms with Gasteiger partial charge in [0.1, 0.15) is 0 Å². The number of aliphatic carboxylic acids is 1. The molecule has 102 valence electrons. The minimum absolute atomic E-state index is 0.0885. The molecule has 0 fully saturated rings. The smallest absolute Gasteiger partial charge is 0.305 e. The lowest BCUT2D eigenvalue weighted by molar-refractivity contribution is -0.137. The average molecular weight is 354 g/mol. The predicted molar refractivity (Wildman–Crippen MR) is 78.0 cm³/mol. The Morgan fingerprint density at radius 1 is 1.61 bits per heavy atom. The molecule has 0 radical (unpaired) electrons. The number of carboxylic acids is 1. The van der Waals surface area contributed by atoms with E-state index < -0.39 is 27.7 Å². The molecule has 0 spiro atoms. The van der Waals surface area contributed by atoms with E-state index in [0.29, 0.717) is 0 Å². The molecule has 0 aliphatic heterocycles. The summed E-state index contributed by atoms with van der Waals surface area (Å²) in [6.45, 7) is 5.54. The molecule has 0 amide bonds. The summed E-state index contributed by atoms with van der Waals surface area (Å²) in [5, 5.41) is 10.8. The summed E-state index contributed by atoms with van der Waals surface area (Å²) >= 11 is 4.78. The van der Waals surface area contributed by atoms with Crippen LogP contribution in [-0.4, -0.2) is 20.0 Å². The van der Waals surface area contributed by atoms with Crippen LogP contribution in [0.25, 0.3) is 0 Å². The molecule has 4 nitrogen and oxygen atoms in total. The molecular weight excluding hydrogens is 338 g/mol. The standard InChI is InChI=1S/C11H16BrNO3S2/c1-11(2,3)18(16)13-8(5-10(14)15)9-4-7(12)6-17-9/h4,6,8,13H,5H2,1-3H3,(H,14,15)/t8-,18?/m0/s1. The first-order valence-corrected chi connectivity index (χ1v) is 8.16. The number of carboxylic acid groups (broad SMARTS) is 1. The molecule has 0 bridgehead atoms. The van der Waals surface area contributed by atoms with Crippen molar-refractivity contribution in [2.45, 2.75) is 38.0 Å². The number of carbonyl (C=O) groups is 1. The highest BCUT2D eigenvalue weighted by Gasteiger charge is 2.25. The molecule has 0 saturated heterocycles.